The zero-order valence-electron chi connectivity index (χ0n) is 8.12. The van der Waals surface area contributed by atoms with Gasteiger partial charge in [-0.3, -0.25) is 10.1 Å². The standard InChI is InChI=1S/C7H2F2N2O2.C2H6/c8-5-2-6(9)7(11(12)13)1-4(5)3-10;1-2/h1-2H;1-2H3. The first-order valence-electron chi connectivity index (χ1n) is 4.10. The molecule has 4 nitrogen and oxygen atoms in total. The van der Waals surface area contributed by atoms with Crippen molar-refractivity contribution in [1.82, 2.24) is 0 Å². The molecular formula is C9H8F2N2O2. The van der Waals surface area contributed by atoms with Gasteiger partial charge >= 0.3 is 5.69 Å². The molecule has 0 bridgehead atoms. The van der Waals surface area contributed by atoms with Crippen LogP contribution in [0.4, 0.5) is 14.5 Å². The van der Waals surface area contributed by atoms with Crippen LogP contribution in [-0.4, -0.2) is 4.92 Å². The molecule has 0 aromatic heterocycles. The van der Waals surface area contributed by atoms with Gasteiger partial charge in [0.25, 0.3) is 0 Å². The van der Waals surface area contributed by atoms with Crippen molar-refractivity contribution in [2.24, 2.45) is 0 Å². The van der Waals surface area contributed by atoms with Crippen molar-refractivity contribution >= 4 is 5.69 Å². The second-order valence-corrected chi connectivity index (χ2v) is 2.15. The molecule has 0 amide bonds. The fraction of sp³-hybridized carbons (Fsp3) is 0.222. The molecule has 0 aliphatic rings. The third kappa shape index (κ3) is 2.98. The van der Waals surface area contributed by atoms with E-state index in [4.69, 9.17) is 5.26 Å². The van der Waals surface area contributed by atoms with Crippen LogP contribution in [0.3, 0.4) is 0 Å². The van der Waals surface area contributed by atoms with Gasteiger partial charge in [-0.05, 0) is 0 Å². The molecule has 80 valence electrons. The molecule has 1 rings (SSSR count). The van der Waals surface area contributed by atoms with Gasteiger partial charge in [0.15, 0.2) is 0 Å². The van der Waals surface area contributed by atoms with E-state index in [0.717, 1.165) is 0 Å². The average Bonchev–Trinajstić information content (AvgIpc) is 2.20. The van der Waals surface area contributed by atoms with Gasteiger partial charge in [0, 0.05) is 12.1 Å². The maximum absolute atomic E-state index is 12.6. The molecule has 0 saturated carbocycles. The van der Waals surface area contributed by atoms with E-state index in [-0.39, 0.29) is 0 Å². The lowest BCUT2D eigenvalue weighted by Gasteiger charge is -1.95. The Bertz CT molecular complexity index is 413. The number of nitro groups is 1. The minimum Gasteiger partial charge on any atom is -0.258 e. The monoisotopic (exact) mass is 214 g/mol. The summed E-state index contributed by atoms with van der Waals surface area (Å²) < 4.78 is 25.2. The molecule has 0 saturated heterocycles. The van der Waals surface area contributed by atoms with Crippen molar-refractivity contribution in [2.75, 3.05) is 0 Å². The lowest BCUT2D eigenvalue weighted by molar-refractivity contribution is -0.387. The number of halogens is 2. The molecule has 0 N–H and O–H groups in total. The normalized spacial score (nSPS) is 8.47. The molecule has 0 heterocycles. The van der Waals surface area contributed by atoms with Gasteiger partial charge in [0.2, 0.25) is 5.82 Å². The molecule has 0 aliphatic heterocycles. The van der Waals surface area contributed by atoms with E-state index in [1.165, 1.54) is 6.07 Å². The molecule has 0 fully saturated rings. The van der Waals surface area contributed by atoms with Crippen molar-refractivity contribution in [3.8, 4) is 6.07 Å². The van der Waals surface area contributed by atoms with Crippen LogP contribution in [0.2, 0.25) is 0 Å². The maximum atomic E-state index is 12.6. The van der Waals surface area contributed by atoms with E-state index < -0.39 is 27.8 Å². The fourth-order valence-electron chi connectivity index (χ4n) is 0.763. The quantitative estimate of drug-likeness (QED) is 0.533. The van der Waals surface area contributed by atoms with E-state index in [2.05, 4.69) is 0 Å². The van der Waals surface area contributed by atoms with Crippen LogP contribution in [0.1, 0.15) is 19.4 Å². The van der Waals surface area contributed by atoms with Crippen molar-refractivity contribution in [3.05, 3.63) is 39.4 Å². The lowest BCUT2D eigenvalue weighted by Crippen LogP contribution is -1.95. The van der Waals surface area contributed by atoms with Crippen LogP contribution >= 0.6 is 0 Å². The maximum Gasteiger partial charge on any atom is 0.306 e. The van der Waals surface area contributed by atoms with E-state index in [0.29, 0.717) is 12.1 Å². The van der Waals surface area contributed by atoms with Gasteiger partial charge in [-0.25, -0.2) is 4.39 Å². The third-order valence-corrected chi connectivity index (χ3v) is 1.35. The first-order chi connectivity index (χ1) is 7.06. The van der Waals surface area contributed by atoms with Crippen LogP contribution in [0, 0.1) is 33.1 Å². The summed E-state index contributed by atoms with van der Waals surface area (Å²) in [4.78, 5) is 9.12. The molecular weight excluding hydrogens is 206 g/mol. The van der Waals surface area contributed by atoms with Crippen molar-refractivity contribution < 1.29 is 13.7 Å². The summed E-state index contributed by atoms with van der Waals surface area (Å²) in [6.45, 7) is 4.00. The number of hydrogen-bond donors (Lipinski definition) is 0. The van der Waals surface area contributed by atoms with Gasteiger partial charge in [-0.2, -0.15) is 9.65 Å². The molecule has 15 heavy (non-hydrogen) atoms. The molecule has 0 aliphatic carbocycles. The summed E-state index contributed by atoms with van der Waals surface area (Å²) in [5.41, 5.74) is -1.45. The number of benzene rings is 1. The lowest BCUT2D eigenvalue weighted by atomic mass is 10.2. The average molecular weight is 214 g/mol. The Morgan fingerprint density at radius 3 is 2.27 bits per heavy atom. The predicted molar refractivity (Wildman–Crippen MR) is 49.1 cm³/mol. The molecule has 1 aromatic rings. The van der Waals surface area contributed by atoms with Crippen LogP contribution in [0.25, 0.3) is 0 Å². The number of nitrogens with zero attached hydrogens (tertiary/aromatic N) is 2. The van der Waals surface area contributed by atoms with E-state index in [9.17, 15) is 18.9 Å². The molecule has 0 atom stereocenters. The number of nitriles is 1. The Morgan fingerprint density at radius 2 is 1.87 bits per heavy atom. The van der Waals surface area contributed by atoms with Crippen molar-refractivity contribution in [2.45, 2.75) is 13.8 Å². The van der Waals surface area contributed by atoms with Crippen molar-refractivity contribution in [1.29, 1.82) is 5.26 Å². The van der Waals surface area contributed by atoms with Crippen LogP contribution in [-0.2, 0) is 0 Å². The van der Waals surface area contributed by atoms with Gasteiger partial charge in [0.05, 0.1) is 10.5 Å². The summed E-state index contributed by atoms with van der Waals surface area (Å²) in [5, 5.41) is 18.4. The summed E-state index contributed by atoms with van der Waals surface area (Å²) in [5.74, 6) is -2.40. The van der Waals surface area contributed by atoms with Gasteiger partial charge in [0.1, 0.15) is 11.9 Å². The zero-order chi connectivity index (χ0) is 12.0. The van der Waals surface area contributed by atoms with Gasteiger partial charge in [-0.15, -0.1) is 0 Å². The first kappa shape index (κ1) is 13.0. The Labute approximate surface area is 84.9 Å². The zero-order valence-corrected chi connectivity index (χ0v) is 8.12. The smallest absolute Gasteiger partial charge is 0.258 e. The topological polar surface area (TPSA) is 66.9 Å². The van der Waals surface area contributed by atoms with E-state index >= 15 is 0 Å². The number of hydrogen-bond acceptors (Lipinski definition) is 3. The number of rotatable bonds is 1. The third-order valence-electron chi connectivity index (χ3n) is 1.35. The Balaban J connectivity index is 0.000000921. The second-order valence-electron chi connectivity index (χ2n) is 2.15. The molecule has 0 unspecified atom stereocenters. The van der Waals surface area contributed by atoms with Crippen molar-refractivity contribution in [3.63, 3.8) is 0 Å². The summed E-state index contributed by atoms with van der Waals surface area (Å²) in [7, 11) is 0. The van der Waals surface area contributed by atoms with Gasteiger partial charge in [-0.1, -0.05) is 13.8 Å². The minimum atomic E-state index is -1.29. The van der Waals surface area contributed by atoms with E-state index in [1.54, 1.807) is 0 Å². The highest BCUT2D eigenvalue weighted by molar-refractivity contribution is 5.42. The highest BCUT2D eigenvalue weighted by atomic mass is 19.1. The fourth-order valence-corrected chi connectivity index (χ4v) is 0.763. The van der Waals surface area contributed by atoms with Crippen LogP contribution in [0.5, 0.6) is 0 Å². The summed E-state index contributed by atoms with van der Waals surface area (Å²) in [6.07, 6.45) is 0. The highest BCUT2D eigenvalue weighted by Gasteiger charge is 2.17. The molecule has 0 radical (unpaired) electrons. The largest absolute Gasteiger partial charge is 0.306 e. The molecule has 1 aromatic carbocycles. The summed E-state index contributed by atoms with van der Waals surface area (Å²) >= 11 is 0. The van der Waals surface area contributed by atoms with E-state index in [1.807, 2.05) is 13.8 Å². The van der Waals surface area contributed by atoms with Crippen LogP contribution < -0.4 is 0 Å². The minimum absolute atomic E-state index is 0.316. The number of nitro benzene ring substituents is 1. The van der Waals surface area contributed by atoms with Gasteiger partial charge < -0.3 is 0 Å². The SMILES string of the molecule is CC.N#Cc1cc([N+](=O)[O-])c(F)cc1F. The predicted octanol–water partition coefficient (Wildman–Crippen LogP) is 2.77. The second kappa shape index (κ2) is 5.65. The Hall–Kier alpha value is -2.03. The first-order valence-corrected chi connectivity index (χ1v) is 4.10. The Morgan fingerprint density at radius 1 is 1.33 bits per heavy atom. The molecule has 6 heteroatoms. The molecule has 0 spiro atoms. The highest BCUT2D eigenvalue weighted by Crippen LogP contribution is 2.20. The summed E-state index contributed by atoms with van der Waals surface area (Å²) in [6, 6.07) is 2.25. The Kier molecular flexibility index (Phi) is 4.88. The van der Waals surface area contributed by atoms with Crippen LogP contribution in [0.15, 0.2) is 12.1 Å².